The normalized spacial score (nSPS) is 13.9. The first-order chi connectivity index (χ1) is 21.0. The molecule has 1 fully saturated rings. The lowest BCUT2D eigenvalue weighted by Crippen LogP contribution is -2.47. The van der Waals surface area contributed by atoms with E-state index in [9.17, 15) is 27.2 Å². The molecule has 4 aromatic rings. The number of hydrogen-bond acceptors (Lipinski definition) is 6. The number of alkyl halides is 3. The molecule has 0 saturated carbocycles. The highest BCUT2D eigenvalue weighted by Gasteiger charge is 2.31. The van der Waals surface area contributed by atoms with Crippen LogP contribution in [0.25, 0.3) is 27.5 Å². The number of rotatable bonds is 8. The zero-order chi connectivity index (χ0) is 31.6. The van der Waals surface area contributed by atoms with Gasteiger partial charge in [-0.1, -0.05) is 26.0 Å². The van der Waals surface area contributed by atoms with Gasteiger partial charge in [0.2, 0.25) is 0 Å². The number of halogens is 4. The van der Waals surface area contributed by atoms with Crippen LogP contribution in [0.3, 0.4) is 0 Å². The van der Waals surface area contributed by atoms with Crippen LogP contribution in [0.2, 0.25) is 0 Å². The van der Waals surface area contributed by atoms with Crippen molar-refractivity contribution in [3.63, 3.8) is 0 Å². The summed E-state index contributed by atoms with van der Waals surface area (Å²) in [4.78, 5) is 34.8. The number of nitrogens with zero attached hydrogens (tertiary/aromatic N) is 3. The SMILES string of the molecule is CCOc1ccc(F)cc1-n1c(CC(C)C)c(C(=O)N2CCNCC2)cc(-c2nc(-c3ccc(C(F)(F)F)cc3)cs2)c1=O. The Hall–Kier alpha value is -4.03. The number of amides is 1. The van der Waals surface area contributed by atoms with Crippen molar-refractivity contribution in [2.45, 2.75) is 33.4 Å². The smallest absolute Gasteiger partial charge is 0.416 e. The van der Waals surface area contributed by atoms with Crippen LogP contribution in [0.5, 0.6) is 5.75 Å². The van der Waals surface area contributed by atoms with E-state index in [1.165, 1.54) is 34.9 Å². The number of carbonyl (C=O) groups is 1. The lowest BCUT2D eigenvalue weighted by Gasteiger charge is -2.29. The largest absolute Gasteiger partial charge is 0.492 e. The molecule has 1 aliphatic rings. The summed E-state index contributed by atoms with van der Waals surface area (Å²) in [5, 5.41) is 5.16. The average Bonchev–Trinajstić information content (AvgIpc) is 3.48. The molecule has 0 spiro atoms. The third-order valence-corrected chi connectivity index (χ3v) is 8.12. The van der Waals surface area contributed by atoms with Gasteiger partial charge >= 0.3 is 6.18 Å². The minimum Gasteiger partial charge on any atom is -0.492 e. The number of pyridine rings is 1. The summed E-state index contributed by atoms with van der Waals surface area (Å²) in [6, 6.07) is 10.1. The molecule has 2 aromatic heterocycles. The van der Waals surface area contributed by atoms with Gasteiger partial charge in [-0.25, -0.2) is 9.37 Å². The highest BCUT2D eigenvalue weighted by atomic mass is 32.1. The van der Waals surface area contributed by atoms with E-state index in [4.69, 9.17) is 4.74 Å². The van der Waals surface area contributed by atoms with Crippen molar-refractivity contribution in [1.82, 2.24) is 19.8 Å². The van der Waals surface area contributed by atoms with Gasteiger partial charge in [0.1, 0.15) is 16.6 Å². The summed E-state index contributed by atoms with van der Waals surface area (Å²) in [7, 11) is 0. The maximum Gasteiger partial charge on any atom is 0.416 e. The lowest BCUT2D eigenvalue weighted by atomic mass is 9.99. The molecule has 0 radical (unpaired) electrons. The molecule has 2 aromatic carbocycles. The van der Waals surface area contributed by atoms with E-state index >= 15 is 0 Å². The minimum absolute atomic E-state index is 0.0383. The number of hydrogen-bond donors (Lipinski definition) is 1. The molecule has 3 heterocycles. The van der Waals surface area contributed by atoms with Crippen LogP contribution in [0.1, 0.15) is 42.4 Å². The van der Waals surface area contributed by atoms with E-state index in [1.807, 2.05) is 13.8 Å². The van der Waals surface area contributed by atoms with E-state index in [1.54, 1.807) is 23.3 Å². The van der Waals surface area contributed by atoms with Crippen LogP contribution in [-0.2, 0) is 12.6 Å². The number of thiazole rings is 1. The van der Waals surface area contributed by atoms with Crippen LogP contribution in [-0.4, -0.2) is 53.1 Å². The molecule has 0 atom stereocenters. The van der Waals surface area contributed by atoms with Gasteiger partial charge in [-0.2, -0.15) is 13.2 Å². The molecule has 0 aliphatic carbocycles. The molecular formula is C32H32F4N4O3S. The van der Waals surface area contributed by atoms with E-state index in [0.29, 0.717) is 55.1 Å². The first kappa shape index (κ1) is 31.4. The molecule has 44 heavy (non-hydrogen) atoms. The van der Waals surface area contributed by atoms with Crippen LogP contribution >= 0.6 is 11.3 Å². The number of nitrogens with one attached hydrogen (secondary N) is 1. The molecule has 5 rings (SSSR count). The third kappa shape index (κ3) is 6.56. The van der Waals surface area contributed by atoms with Crippen LogP contribution in [0.4, 0.5) is 17.6 Å². The Morgan fingerprint density at radius 2 is 1.80 bits per heavy atom. The molecule has 0 bridgehead atoms. The van der Waals surface area contributed by atoms with Gasteiger partial charge < -0.3 is 15.0 Å². The summed E-state index contributed by atoms with van der Waals surface area (Å²) in [5.41, 5.74) is 0.546. The molecule has 12 heteroatoms. The number of ether oxygens (including phenoxy) is 1. The average molecular weight is 629 g/mol. The highest BCUT2D eigenvalue weighted by Crippen LogP contribution is 2.34. The molecule has 1 saturated heterocycles. The predicted octanol–water partition coefficient (Wildman–Crippen LogP) is 6.43. The van der Waals surface area contributed by atoms with Crippen molar-refractivity contribution in [2.75, 3.05) is 32.8 Å². The second kappa shape index (κ2) is 12.9. The second-order valence-electron chi connectivity index (χ2n) is 10.9. The van der Waals surface area contributed by atoms with Crippen molar-refractivity contribution in [3.05, 3.63) is 86.9 Å². The number of aromatic nitrogens is 2. The summed E-state index contributed by atoms with van der Waals surface area (Å²) >= 11 is 1.13. The molecule has 0 unspecified atom stereocenters. The quantitative estimate of drug-likeness (QED) is 0.228. The molecule has 7 nitrogen and oxygen atoms in total. The number of carbonyl (C=O) groups excluding carboxylic acids is 1. The zero-order valence-corrected chi connectivity index (χ0v) is 25.3. The molecule has 1 aliphatic heterocycles. The highest BCUT2D eigenvalue weighted by molar-refractivity contribution is 7.13. The van der Waals surface area contributed by atoms with Gasteiger partial charge in [0, 0.05) is 48.9 Å². The van der Waals surface area contributed by atoms with Gasteiger partial charge in [0.05, 0.1) is 34.7 Å². The Kier molecular flexibility index (Phi) is 9.21. The molecule has 232 valence electrons. The van der Waals surface area contributed by atoms with Gasteiger partial charge in [-0.15, -0.1) is 11.3 Å². The van der Waals surface area contributed by atoms with Gasteiger partial charge in [-0.3, -0.25) is 14.2 Å². The monoisotopic (exact) mass is 628 g/mol. The predicted molar refractivity (Wildman–Crippen MR) is 162 cm³/mol. The van der Waals surface area contributed by atoms with Crippen molar-refractivity contribution >= 4 is 17.2 Å². The summed E-state index contributed by atoms with van der Waals surface area (Å²) < 4.78 is 61.2. The van der Waals surface area contributed by atoms with Crippen molar-refractivity contribution in [2.24, 2.45) is 5.92 Å². The Morgan fingerprint density at radius 3 is 2.43 bits per heavy atom. The van der Waals surface area contributed by atoms with Crippen molar-refractivity contribution in [1.29, 1.82) is 0 Å². The first-order valence-electron chi connectivity index (χ1n) is 14.3. The van der Waals surface area contributed by atoms with E-state index in [0.717, 1.165) is 23.5 Å². The van der Waals surface area contributed by atoms with Gasteiger partial charge in [0.25, 0.3) is 11.5 Å². The zero-order valence-electron chi connectivity index (χ0n) is 24.5. The van der Waals surface area contributed by atoms with E-state index in [-0.39, 0.29) is 40.4 Å². The lowest BCUT2D eigenvalue weighted by molar-refractivity contribution is -0.137. The van der Waals surface area contributed by atoms with E-state index in [2.05, 4.69) is 10.3 Å². The fourth-order valence-corrected chi connectivity index (χ4v) is 6.01. The number of benzene rings is 2. The summed E-state index contributed by atoms with van der Waals surface area (Å²) in [6.07, 6.45) is -4.13. The minimum atomic E-state index is -4.47. The second-order valence-corrected chi connectivity index (χ2v) is 11.7. The Labute approximate surface area is 256 Å². The van der Waals surface area contributed by atoms with Gasteiger partial charge in [-0.05, 0) is 49.6 Å². The fourth-order valence-electron chi connectivity index (χ4n) is 5.18. The Balaban J connectivity index is 1.73. The van der Waals surface area contributed by atoms with Gasteiger partial charge in [0.15, 0.2) is 0 Å². The molecule has 1 N–H and O–H groups in total. The van der Waals surface area contributed by atoms with Crippen LogP contribution in [0.15, 0.2) is 58.7 Å². The fraction of sp³-hybridized carbons (Fsp3) is 0.344. The van der Waals surface area contributed by atoms with Crippen LogP contribution < -0.4 is 15.6 Å². The topological polar surface area (TPSA) is 76.5 Å². The maximum atomic E-state index is 14.7. The van der Waals surface area contributed by atoms with E-state index < -0.39 is 23.1 Å². The Bertz CT molecular complexity index is 1710. The summed E-state index contributed by atoms with van der Waals surface area (Å²) in [5.74, 6) is -0.518. The third-order valence-electron chi connectivity index (χ3n) is 7.24. The maximum absolute atomic E-state index is 14.7. The molecular weight excluding hydrogens is 596 g/mol. The first-order valence-corrected chi connectivity index (χ1v) is 15.2. The number of piperazine rings is 1. The van der Waals surface area contributed by atoms with Crippen LogP contribution in [0, 0.1) is 11.7 Å². The van der Waals surface area contributed by atoms with Crippen molar-refractivity contribution < 1.29 is 27.1 Å². The molecule has 1 amide bonds. The Morgan fingerprint density at radius 1 is 1.09 bits per heavy atom. The van der Waals surface area contributed by atoms with Crippen molar-refractivity contribution in [3.8, 4) is 33.3 Å². The standard InChI is InChI=1S/C32H32F4N4O3S/c1-4-43-28-10-9-22(33)16-27(28)40-26(15-19(2)3)23(30(41)39-13-11-37-12-14-39)17-24(31(40)42)29-38-25(18-44-29)20-5-7-21(8-6-20)32(34,35)36/h5-10,16-19,37H,4,11-15H2,1-3H3. The summed E-state index contributed by atoms with van der Waals surface area (Å²) in [6.45, 7) is 8.18.